The third kappa shape index (κ3) is 3.05. The zero-order valence-electron chi connectivity index (χ0n) is 11.1. The van der Waals surface area contributed by atoms with Crippen molar-refractivity contribution in [2.75, 3.05) is 5.33 Å². The van der Waals surface area contributed by atoms with Crippen molar-refractivity contribution < 1.29 is 9.53 Å². The molecule has 1 aliphatic rings. The molecule has 0 aromatic carbocycles. The van der Waals surface area contributed by atoms with Crippen LogP contribution >= 0.6 is 15.9 Å². The highest BCUT2D eigenvalue weighted by Gasteiger charge is 2.23. The van der Waals surface area contributed by atoms with Gasteiger partial charge < -0.3 is 9.30 Å². The van der Waals surface area contributed by atoms with Crippen LogP contribution in [0.5, 0.6) is 5.88 Å². The van der Waals surface area contributed by atoms with E-state index in [0.29, 0.717) is 30.5 Å². The van der Waals surface area contributed by atoms with Crippen LogP contribution in [0.25, 0.3) is 0 Å². The first kappa shape index (κ1) is 14.2. The summed E-state index contributed by atoms with van der Waals surface area (Å²) in [5, 5.41) is 0.118. The third-order valence-corrected chi connectivity index (χ3v) is 3.48. The molecule has 0 radical (unpaired) electrons. The Morgan fingerprint density at radius 2 is 2.26 bits per heavy atom. The maximum Gasteiger partial charge on any atom is 0.323 e. The van der Waals surface area contributed by atoms with Crippen LogP contribution in [0.2, 0.25) is 0 Å². The highest BCUT2D eigenvalue weighted by atomic mass is 79.9. The van der Waals surface area contributed by atoms with Gasteiger partial charge in [0.1, 0.15) is 11.0 Å². The second-order valence-electron chi connectivity index (χ2n) is 5.08. The molecule has 0 saturated heterocycles. The lowest BCUT2D eigenvalue weighted by atomic mass is 10.1. The van der Waals surface area contributed by atoms with E-state index in [4.69, 9.17) is 4.74 Å². The molecule has 1 aromatic rings. The number of carbonyl (C=O) groups excluding carboxylic acids is 1. The molecule has 19 heavy (non-hydrogen) atoms. The molecular weight excluding hydrogens is 312 g/mol. The average molecular weight is 329 g/mol. The number of carbonyl (C=O) groups is 1. The number of hydrogen-bond acceptors (Lipinski definition) is 4. The van der Waals surface area contributed by atoms with E-state index >= 15 is 0 Å². The Morgan fingerprint density at radius 3 is 2.89 bits per heavy atom. The summed E-state index contributed by atoms with van der Waals surface area (Å²) in [7, 11) is 0. The Hall–Kier alpha value is -1.17. The minimum Gasteiger partial charge on any atom is -0.405 e. The summed E-state index contributed by atoms with van der Waals surface area (Å²) < 4.78 is 6.92. The molecule has 0 aliphatic carbocycles. The number of esters is 1. The fourth-order valence-corrected chi connectivity index (χ4v) is 2.36. The number of rotatable bonds is 4. The minimum absolute atomic E-state index is 0.0418. The zero-order chi connectivity index (χ0) is 14.0. The predicted octanol–water partition coefficient (Wildman–Crippen LogP) is 1.69. The highest BCUT2D eigenvalue weighted by Crippen LogP contribution is 2.22. The first-order chi connectivity index (χ1) is 9.02. The lowest BCUT2D eigenvalue weighted by molar-refractivity contribution is -0.131. The van der Waals surface area contributed by atoms with Gasteiger partial charge in [-0.1, -0.05) is 29.8 Å². The van der Waals surface area contributed by atoms with E-state index in [1.165, 1.54) is 0 Å². The van der Waals surface area contributed by atoms with E-state index in [-0.39, 0.29) is 10.9 Å². The Balaban J connectivity index is 2.45. The number of nitrogens with zero attached hydrogens (tertiary/aromatic N) is 2. The molecule has 0 fully saturated rings. The zero-order valence-corrected chi connectivity index (χ0v) is 12.7. The van der Waals surface area contributed by atoms with Gasteiger partial charge in [0, 0.05) is 6.54 Å². The fourth-order valence-electron chi connectivity index (χ4n) is 2.25. The molecule has 0 bridgehead atoms. The van der Waals surface area contributed by atoms with Crippen LogP contribution in [-0.4, -0.2) is 20.9 Å². The summed E-state index contributed by atoms with van der Waals surface area (Å²) in [6, 6.07) is 0. The van der Waals surface area contributed by atoms with Crippen molar-refractivity contribution in [2.45, 2.75) is 39.7 Å². The van der Waals surface area contributed by atoms with Gasteiger partial charge in [0.2, 0.25) is 5.88 Å². The van der Waals surface area contributed by atoms with Gasteiger partial charge in [0.15, 0.2) is 0 Å². The van der Waals surface area contributed by atoms with Crippen molar-refractivity contribution in [2.24, 2.45) is 5.92 Å². The molecule has 6 heteroatoms. The SMILES string of the molecule is CC(C)Cc1nc(OC(=O)CBr)c2n(c1=O)CCC2. The smallest absolute Gasteiger partial charge is 0.323 e. The Kier molecular flexibility index (Phi) is 4.39. The number of halogens is 1. The Labute approximate surface area is 120 Å². The monoisotopic (exact) mass is 328 g/mol. The van der Waals surface area contributed by atoms with E-state index < -0.39 is 5.97 Å². The quantitative estimate of drug-likeness (QED) is 0.623. The average Bonchev–Trinajstić information content (AvgIpc) is 2.83. The lowest BCUT2D eigenvalue weighted by Gasteiger charge is -2.12. The van der Waals surface area contributed by atoms with Gasteiger partial charge in [0.25, 0.3) is 5.56 Å². The standard InChI is InChI=1S/C13H17BrN2O3/c1-8(2)6-9-13(18)16-5-3-4-10(16)12(15-9)19-11(17)7-14/h8H,3-7H2,1-2H3. The predicted molar refractivity (Wildman–Crippen MR) is 74.8 cm³/mol. The second kappa shape index (κ2) is 5.86. The molecule has 0 unspecified atom stereocenters. The van der Waals surface area contributed by atoms with Crippen LogP contribution in [0, 0.1) is 5.92 Å². The van der Waals surface area contributed by atoms with Crippen LogP contribution in [0.1, 0.15) is 31.7 Å². The molecule has 104 valence electrons. The Bertz CT molecular complexity index is 552. The molecule has 0 saturated carbocycles. The van der Waals surface area contributed by atoms with Crippen LogP contribution < -0.4 is 10.3 Å². The summed E-state index contributed by atoms with van der Waals surface area (Å²) in [5.74, 6) is 0.244. The summed E-state index contributed by atoms with van der Waals surface area (Å²) in [4.78, 5) is 27.9. The van der Waals surface area contributed by atoms with Crippen molar-refractivity contribution in [1.29, 1.82) is 0 Å². The first-order valence-corrected chi connectivity index (χ1v) is 7.54. The van der Waals surface area contributed by atoms with E-state index in [2.05, 4.69) is 20.9 Å². The molecule has 0 N–H and O–H groups in total. The van der Waals surface area contributed by atoms with E-state index in [1.54, 1.807) is 4.57 Å². The molecule has 2 heterocycles. The maximum atomic E-state index is 12.3. The third-order valence-electron chi connectivity index (χ3n) is 3.02. The van der Waals surface area contributed by atoms with Crippen LogP contribution in [0.3, 0.4) is 0 Å². The number of aromatic nitrogens is 2. The molecule has 0 amide bonds. The lowest BCUT2D eigenvalue weighted by Crippen LogP contribution is -2.27. The van der Waals surface area contributed by atoms with Gasteiger partial charge in [-0.3, -0.25) is 9.59 Å². The van der Waals surface area contributed by atoms with E-state index in [9.17, 15) is 9.59 Å². The van der Waals surface area contributed by atoms with Crippen LogP contribution in [0.4, 0.5) is 0 Å². The van der Waals surface area contributed by atoms with Crippen molar-refractivity contribution >= 4 is 21.9 Å². The van der Waals surface area contributed by atoms with Gasteiger partial charge in [-0.05, 0) is 25.2 Å². The van der Waals surface area contributed by atoms with E-state index in [0.717, 1.165) is 18.5 Å². The topological polar surface area (TPSA) is 61.2 Å². The van der Waals surface area contributed by atoms with Crippen molar-refractivity contribution in [3.63, 3.8) is 0 Å². The molecule has 1 aromatic heterocycles. The van der Waals surface area contributed by atoms with Gasteiger partial charge in [-0.2, -0.15) is 0 Å². The Morgan fingerprint density at radius 1 is 1.53 bits per heavy atom. The minimum atomic E-state index is -0.392. The molecule has 2 rings (SSSR count). The summed E-state index contributed by atoms with van der Waals surface area (Å²) >= 11 is 3.06. The molecule has 0 spiro atoms. The van der Waals surface area contributed by atoms with Gasteiger partial charge >= 0.3 is 5.97 Å². The first-order valence-electron chi connectivity index (χ1n) is 6.42. The van der Waals surface area contributed by atoms with Crippen LogP contribution in [0.15, 0.2) is 4.79 Å². The largest absolute Gasteiger partial charge is 0.405 e. The molecule has 0 atom stereocenters. The molecule has 5 nitrogen and oxygen atoms in total. The highest BCUT2D eigenvalue weighted by molar-refractivity contribution is 9.09. The second-order valence-corrected chi connectivity index (χ2v) is 5.64. The summed E-state index contributed by atoms with van der Waals surface area (Å²) in [6.45, 7) is 4.74. The fraction of sp³-hybridized carbons (Fsp3) is 0.615. The number of fused-ring (bicyclic) bond motifs is 1. The number of hydrogen-bond donors (Lipinski definition) is 0. The van der Waals surface area contributed by atoms with Crippen molar-refractivity contribution in [1.82, 2.24) is 9.55 Å². The number of ether oxygens (including phenoxy) is 1. The van der Waals surface area contributed by atoms with Gasteiger partial charge in [-0.25, -0.2) is 4.98 Å². The molecular formula is C13H17BrN2O3. The summed E-state index contributed by atoms with van der Waals surface area (Å²) in [6.07, 6.45) is 2.22. The van der Waals surface area contributed by atoms with Gasteiger partial charge in [-0.15, -0.1) is 0 Å². The molecule has 1 aliphatic heterocycles. The van der Waals surface area contributed by atoms with Crippen molar-refractivity contribution in [3.05, 3.63) is 21.7 Å². The normalized spacial score (nSPS) is 13.7. The summed E-state index contributed by atoms with van der Waals surface area (Å²) in [5.41, 5.74) is 1.18. The van der Waals surface area contributed by atoms with Crippen molar-refractivity contribution in [3.8, 4) is 5.88 Å². The van der Waals surface area contributed by atoms with Crippen LogP contribution in [-0.2, 0) is 24.2 Å². The van der Waals surface area contributed by atoms with E-state index in [1.807, 2.05) is 13.8 Å². The van der Waals surface area contributed by atoms with Gasteiger partial charge in [0.05, 0.1) is 5.69 Å². The maximum absolute atomic E-state index is 12.3. The number of alkyl halides is 1.